The van der Waals surface area contributed by atoms with Gasteiger partial charge < -0.3 is 4.90 Å². The fourth-order valence-corrected chi connectivity index (χ4v) is 3.42. The molecule has 3 aromatic rings. The maximum absolute atomic E-state index is 14.3. The Hall–Kier alpha value is -2.41. The molecule has 0 radical (unpaired) electrons. The minimum atomic E-state index is -0.551. The average molecular weight is 344 g/mol. The molecule has 2 heterocycles. The molecule has 0 atom stereocenters. The second-order valence-corrected chi connectivity index (χ2v) is 6.20. The third kappa shape index (κ3) is 2.54. The molecule has 0 saturated carbocycles. The second kappa shape index (κ2) is 5.90. The monoisotopic (exact) mass is 344 g/mol. The van der Waals surface area contributed by atoms with Gasteiger partial charge in [0.1, 0.15) is 22.9 Å². The van der Waals surface area contributed by atoms with Crippen molar-refractivity contribution in [1.29, 1.82) is 0 Å². The van der Waals surface area contributed by atoms with Crippen LogP contribution in [0.3, 0.4) is 0 Å². The van der Waals surface area contributed by atoms with E-state index in [1.54, 1.807) is 4.68 Å². The van der Waals surface area contributed by atoms with Gasteiger partial charge in [-0.2, -0.15) is 0 Å². The van der Waals surface area contributed by atoms with Crippen LogP contribution in [0.1, 0.15) is 12.0 Å². The summed E-state index contributed by atoms with van der Waals surface area (Å²) in [6.07, 6.45) is 1.49. The van der Waals surface area contributed by atoms with Crippen molar-refractivity contribution >= 4 is 28.8 Å². The predicted molar refractivity (Wildman–Crippen MR) is 90.4 cm³/mol. The van der Waals surface area contributed by atoms with Crippen LogP contribution in [-0.4, -0.2) is 21.5 Å². The molecule has 0 spiro atoms. The highest BCUT2D eigenvalue weighted by atomic mass is 32.1. The summed E-state index contributed by atoms with van der Waals surface area (Å²) in [7, 11) is 0. The lowest BCUT2D eigenvalue weighted by molar-refractivity contribution is 0.500. The van der Waals surface area contributed by atoms with Gasteiger partial charge in [-0.15, -0.1) is 5.10 Å². The zero-order chi connectivity index (χ0) is 16.7. The van der Waals surface area contributed by atoms with Crippen molar-refractivity contribution in [2.24, 2.45) is 0 Å². The zero-order valence-corrected chi connectivity index (χ0v) is 13.6. The Morgan fingerprint density at radius 1 is 1.17 bits per heavy atom. The van der Waals surface area contributed by atoms with Crippen LogP contribution in [0.5, 0.6) is 0 Å². The molecule has 1 aliphatic rings. The minimum absolute atomic E-state index is 0.284. The van der Waals surface area contributed by atoms with E-state index in [9.17, 15) is 8.78 Å². The average Bonchev–Trinajstić information content (AvgIpc) is 2.57. The number of benzene rings is 2. The first-order valence-corrected chi connectivity index (χ1v) is 8.10. The zero-order valence-electron chi connectivity index (χ0n) is 12.7. The number of fused-ring (bicyclic) bond motifs is 2. The Kier molecular flexibility index (Phi) is 3.72. The number of hydrogen-bond acceptors (Lipinski definition) is 4. The van der Waals surface area contributed by atoms with Gasteiger partial charge in [-0.05, 0) is 36.6 Å². The van der Waals surface area contributed by atoms with Crippen LogP contribution in [-0.2, 0) is 13.1 Å². The van der Waals surface area contributed by atoms with Gasteiger partial charge in [0.05, 0.1) is 11.2 Å². The minimum Gasteiger partial charge on any atom is -0.349 e. The Balaban J connectivity index is 1.76. The maximum Gasteiger partial charge on any atom is 0.149 e. The van der Waals surface area contributed by atoms with Crippen molar-refractivity contribution in [2.45, 2.75) is 19.5 Å². The van der Waals surface area contributed by atoms with Gasteiger partial charge >= 0.3 is 0 Å². The first-order chi connectivity index (χ1) is 11.6. The molecule has 0 bridgehead atoms. The smallest absolute Gasteiger partial charge is 0.149 e. The first-order valence-electron chi connectivity index (χ1n) is 7.69. The van der Waals surface area contributed by atoms with E-state index in [0.29, 0.717) is 28.9 Å². The largest absolute Gasteiger partial charge is 0.349 e. The lowest BCUT2D eigenvalue weighted by Crippen LogP contribution is -2.33. The molecule has 0 fully saturated rings. The quantitative estimate of drug-likeness (QED) is 0.661. The Morgan fingerprint density at radius 2 is 2.00 bits per heavy atom. The van der Waals surface area contributed by atoms with Gasteiger partial charge in [-0.3, -0.25) is 0 Å². The van der Waals surface area contributed by atoms with Crippen molar-refractivity contribution in [1.82, 2.24) is 15.0 Å². The van der Waals surface area contributed by atoms with Crippen LogP contribution in [0.25, 0.3) is 10.9 Å². The van der Waals surface area contributed by atoms with Crippen LogP contribution in [0.2, 0.25) is 0 Å². The molecule has 24 heavy (non-hydrogen) atoms. The lowest BCUT2D eigenvalue weighted by atomic mass is 10.0. The van der Waals surface area contributed by atoms with E-state index in [-0.39, 0.29) is 6.67 Å². The third-order valence-corrected chi connectivity index (χ3v) is 4.66. The lowest BCUT2D eigenvalue weighted by Gasteiger charge is -2.31. The normalized spacial score (nSPS) is 14.0. The van der Waals surface area contributed by atoms with Crippen LogP contribution in [0, 0.1) is 16.3 Å². The molecule has 0 saturated heterocycles. The molecule has 4 nitrogen and oxygen atoms in total. The summed E-state index contributed by atoms with van der Waals surface area (Å²) in [5, 5.41) is 9.14. The number of aryl methyl sites for hydroxylation is 1. The summed E-state index contributed by atoms with van der Waals surface area (Å²) in [6, 6.07) is 9.83. The van der Waals surface area contributed by atoms with Gasteiger partial charge in [0, 0.05) is 18.0 Å². The van der Waals surface area contributed by atoms with Gasteiger partial charge in [-0.1, -0.05) is 29.6 Å². The first kappa shape index (κ1) is 15.1. The Labute approximate surface area is 142 Å². The number of hydrogen-bond donors (Lipinski definition) is 0. The van der Waals surface area contributed by atoms with Crippen molar-refractivity contribution in [3.05, 3.63) is 58.2 Å². The highest BCUT2D eigenvalue weighted by Crippen LogP contribution is 2.31. The molecular weight excluding hydrogens is 330 g/mol. The van der Waals surface area contributed by atoms with E-state index in [1.807, 2.05) is 29.2 Å². The summed E-state index contributed by atoms with van der Waals surface area (Å²) in [6.45, 7) is 0.943. The van der Waals surface area contributed by atoms with E-state index in [1.165, 1.54) is 6.07 Å². The molecule has 7 heteroatoms. The summed E-state index contributed by atoms with van der Waals surface area (Å²) in [5.41, 5.74) is 1.84. The van der Waals surface area contributed by atoms with Crippen LogP contribution in [0.4, 0.5) is 14.5 Å². The van der Waals surface area contributed by atoms with E-state index in [4.69, 9.17) is 12.2 Å². The van der Waals surface area contributed by atoms with Gasteiger partial charge in [0.25, 0.3) is 0 Å². The van der Waals surface area contributed by atoms with E-state index < -0.39 is 11.6 Å². The molecule has 1 aliphatic heterocycles. The number of aromatic nitrogens is 3. The van der Waals surface area contributed by atoms with E-state index in [0.717, 1.165) is 23.4 Å². The van der Waals surface area contributed by atoms with Crippen LogP contribution >= 0.6 is 12.2 Å². The topological polar surface area (TPSA) is 34.0 Å². The molecule has 1 aromatic heterocycles. The summed E-state index contributed by atoms with van der Waals surface area (Å²) in [4.78, 5) is 1.84. The fraction of sp³-hybridized carbons (Fsp3) is 0.235. The fourth-order valence-electron chi connectivity index (χ4n) is 3.16. The van der Waals surface area contributed by atoms with Crippen LogP contribution < -0.4 is 4.90 Å². The van der Waals surface area contributed by atoms with Crippen LogP contribution in [0.15, 0.2) is 36.4 Å². The number of anilines is 1. The molecule has 0 unspecified atom stereocenters. The predicted octanol–water partition coefficient (Wildman–Crippen LogP) is 3.85. The SMILES string of the molecule is Fc1cc(F)c2c(c1)CCCN2Cn1nnc2ccccc2c1=S. The Morgan fingerprint density at radius 3 is 2.88 bits per heavy atom. The number of nitrogens with zero attached hydrogens (tertiary/aromatic N) is 4. The van der Waals surface area contributed by atoms with Gasteiger partial charge in [0.15, 0.2) is 0 Å². The molecule has 0 N–H and O–H groups in total. The van der Waals surface area contributed by atoms with E-state index in [2.05, 4.69) is 10.3 Å². The summed E-state index contributed by atoms with van der Waals surface area (Å²) >= 11 is 5.49. The molecular formula is C17H14F2N4S. The molecule has 122 valence electrons. The Bertz CT molecular complexity index is 986. The van der Waals surface area contributed by atoms with Gasteiger partial charge in [-0.25, -0.2) is 13.5 Å². The molecule has 4 rings (SSSR count). The third-order valence-electron chi connectivity index (χ3n) is 4.23. The molecule has 0 amide bonds. The standard InChI is InChI=1S/C17H14F2N4S/c18-12-8-11-4-3-7-22(16(11)14(19)9-12)10-23-17(24)13-5-1-2-6-15(13)20-21-23/h1-2,5-6,8-9H,3-4,7,10H2. The highest BCUT2D eigenvalue weighted by molar-refractivity contribution is 7.71. The van der Waals surface area contributed by atoms with Crippen molar-refractivity contribution in [2.75, 3.05) is 11.4 Å². The van der Waals surface area contributed by atoms with Gasteiger partial charge in [0.2, 0.25) is 0 Å². The molecule has 0 aliphatic carbocycles. The number of halogens is 2. The second-order valence-electron chi connectivity index (χ2n) is 5.82. The summed E-state index contributed by atoms with van der Waals surface area (Å²) < 4.78 is 29.9. The van der Waals surface area contributed by atoms with Crippen molar-refractivity contribution in [3.63, 3.8) is 0 Å². The maximum atomic E-state index is 14.3. The highest BCUT2D eigenvalue weighted by Gasteiger charge is 2.22. The van der Waals surface area contributed by atoms with Crippen molar-refractivity contribution in [3.8, 4) is 0 Å². The van der Waals surface area contributed by atoms with Crippen molar-refractivity contribution < 1.29 is 8.78 Å². The summed E-state index contributed by atoms with van der Waals surface area (Å²) in [5.74, 6) is -1.10. The molecule has 2 aromatic carbocycles. The van der Waals surface area contributed by atoms with E-state index >= 15 is 0 Å². The number of rotatable bonds is 2.